The molecular formula is C13H15BrN2O. The molecule has 90 valence electrons. The van der Waals surface area contributed by atoms with E-state index in [0.717, 1.165) is 39.5 Å². The molecule has 0 aliphatic heterocycles. The standard InChI is InChI=1S/C13H15BrN2O/c1-8-10(5-6-15-2)13(17)16-12-4-3-9(14)7-11(8)12/h3-4,7,15H,5-6H2,1-2H3,(H,16,17). The number of fused-ring (bicyclic) bond motifs is 1. The molecule has 0 fully saturated rings. The van der Waals surface area contributed by atoms with Crippen LogP contribution in [0.5, 0.6) is 0 Å². The van der Waals surface area contributed by atoms with Crippen molar-refractivity contribution in [2.45, 2.75) is 13.3 Å². The summed E-state index contributed by atoms with van der Waals surface area (Å²) < 4.78 is 1.03. The minimum absolute atomic E-state index is 0.0209. The van der Waals surface area contributed by atoms with E-state index >= 15 is 0 Å². The molecule has 0 aliphatic carbocycles. The summed E-state index contributed by atoms with van der Waals surface area (Å²) >= 11 is 3.46. The first kappa shape index (κ1) is 12.3. The Hall–Kier alpha value is -1.13. The van der Waals surface area contributed by atoms with Gasteiger partial charge in [0.05, 0.1) is 0 Å². The number of rotatable bonds is 3. The van der Waals surface area contributed by atoms with E-state index in [0.29, 0.717) is 0 Å². The number of likely N-dealkylation sites (N-methyl/N-ethyl adjacent to an activating group) is 1. The fourth-order valence-electron chi connectivity index (χ4n) is 2.02. The summed E-state index contributed by atoms with van der Waals surface area (Å²) in [6.45, 7) is 2.82. The second-order valence-corrected chi connectivity index (χ2v) is 5.02. The lowest BCUT2D eigenvalue weighted by Crippen LogP contribution is -2.20. The summed E-state index contributed by atoms with van der Waals surface area (Å²) in [7, 11) is 1.89. The maximum Gasteiger partial charge on any atom is 0.251 e. The van der Waals surface area contributed by atoms with Gasteiger partial charge in [0.2, 0.25) is 0 Å². The zero-order valence-electron chi connectivity index (χ0n) is 9.93. The predicted octanol–water partition coefficient (Wildman–Crippen LogP) is 2.36. The van der Waals surface area contributed by atoms with Crippen LogP contribution in [0.15, 0.2) is 27.5 Å². The summed E-state index contributed by atoms with van der Waals surface area (Å²) in [6, 6.07) is 5.91. The molecule has 0 saturated heterocycles. The van der Waals surface area contributed by atoms with E-state index in [2.05, 4.69) is 26.2 Å². The molecule has 2 aromatic rings. The second-order valence-electron chi connectivity index (χ2n) is 4.10. The summed E-state index contributed by atoms with van der Waals surface area (Å²) in [5.41, 5.74) is 2.85. The lowest BCUT2D eigenvalue weighted by atomic mass is 10.0. The highest BCUT2D eigenvalue weighted by molar-refractivity contribution is 9.10. The third-order valence-corrected chi connectivity index (χ3v) is 3.48. The van der Waals surface area contributed by atoms with Crippen LogP contribution in [0.4, 0.5) is 0 Å². The van der Waals surface area contributed by atoms with Crippen molar-refractivity contribution >= 4 is 26.8 Å². The van der Waals surface area contributed by atoms with Gasteiger partial charge in [-0.05, 0) is 50.7 Å². The van der Waals surface area contributed by atoms with Crippen molar-refractivity contribution in [2.24, 2.45) is 0 Å². The van der Waals surface area contributed by atoms with Crippen molar-refractivity contribution in [3.63, 3.8) is 0 Å². The first-order valence-electron chi connectivity index (χ1n) is 5.59. The number of aryl methyl sites for hydroxylation is 1. The van der Waals surface area contributed by atoms with Crippen molar-refractivity contribution in [3.05, 3.63) is 44.2 Å². The Morgan fingerprint density at radius 1 is 1.41 bits per heavy atom. The molecule has 17 heavy (non-hydrogen) atoms. The maximum atomic E-state index is 11.9. The van der Waals surface area contributed by atoms with Gasteiger partial charge in [-0.15, -0.1) is 0 Å². The molecule has 0 radical (unpaired) electrons. The molecule has 0 saturated carbocycles. The van der Waals surface area contributed by atoms with Gasteiger partial charge >= 0.3 is 0 Å². The van der Waals surface area contributed by atoms with Gasteiger partial charge in [0.15, 0.2) is 0 Å². The number of hydrogen-bond donors (Lipinski definition) is 2. The Bertz CT molecular complexity index is 604. The largest absolute Gasteiger partial charge is 0.322 e. The highest BCUT2D eigenvalue weighted by atomic mass is 79.9. The van der Waals surface area contributed by atoms with E-state index in [1.807, 2.05) is 32.2 Å². The number of aromatic nitrogens is 1. The van der Waals surface area contributed by atoms with Crippen molar-refractivity contribution < 1.29 is 0 Å². The van der Waals surface area contributed by atoms with Gasteiger partial charge < -0.3 is 10.3 Å². The molecule has 1 heterocycles. The summed E-state index contributed by atoms with van der Waals surface area (Å²) in [4.78, 5) is 14.9. The Kier molecular flexibility index (Phi) is 3.64. The van der Waals surface area contributed by atoms with Gasteiger partial charge in [-0.25, -0.2) is 0 Å². The van der Waals surface area contributed by atoms with Crippen LogP contribution < -0.4 is 10.9 Å². The third kappa shape index (κ3) is 2.42. The Balaban J connectivity index is 2.65. The normalized spacial score (nSPS) is 11.0. The number of benzene rings is 1. The van der Waals surface area contributed by atoms with Gasteiger partial charge in [0, 0.05) is 20.9 Å². The van der Waals surface area contributed by atoms with E-state index in [1.54, 1.807) is 0 Å². The zero-order chi connectivity index (χ0) is 12.4. The van der Waals surface area contributed by atoms with Crippen LogP contribution in [0.1, 0.15) is 11.1 Å². The topological polar surface area (TPSA) is 44.9 Å². The molecule has 0 bridgehead atoms. The highest BCUT2D eigenvalue weighted by Gasteiger charge is 2.08. The van der Waals surface area contributed by atoms with Crippen LogP contribution >= 0.6 is 15.9 Å². The lowest BCUT2D eigenvalue weighted by molar-refractivity contribution is 0.783. The molecule has 1 aromatic heterocycles. The number of halogens is 1. The average Bonchev–Trinajstić information content (AvgIpc) is 2.30. The smallest absolute Gasteiger partial charge is 0.251 e. The van der Waals surface area contributed by atoms with Crippen LogP contribution in [-0.2, 0) is 6.42 Å². The average molecular weight is 295 g/mol. The van der Waals surface area contributed by atoms with Crippen LogP contribution in [0.3, 0.4) is 0 Å². The first-order chi connectivity index (χ1) is 8.13. The molecule has 0 unspecified atom stereocenters. The molecule has 0 spiro atoms. The van der Waals surface area contributed by atoms with Crippen LogP contribution in [0.2, 0.25) is 0 Å². The molecule has 0 amide bonds. The Labute approximate surface area is 108 Å². The lowest BCUT2D eigenvalue weighted by Gasteiger charge is -2.08. The van der Waals surface area contributed by atoms with Crippen molar-refractivity contribution in [2.75, 3.05) is 13.6 Å². The molecule has 4 heteroatoms. The number of pyridine rings is 1. The summed E-state index contributed by atoms with van der Waals surface area (Å²) in [6.07, 6.45) is 0.750. The van der Waals surface area contributed by atoms with E-state index in [1.165, 1.54) is 0 Å². The van der Waals surface area contributed by atoms with Crippen LogP contribution in [0, 0.1) is 6.92 Å². The van der Waals surface area contributed by atoms with Crippen molar-refractivity contribution in [1.82, 2.24) is 10.3 Å². The second kappa shape index (κ2) is 5.02. The van der Waals surface area contributed by atoms with Gasteiger partial charge in [0.1, 0.15) is 0 Å². The van der Waals surface area contributed by atoms with Gasteiger partial charge in [-0.1, -0.05) is 15.9 Å². The molecule has 1 aromatic carbocycles. The van der Waals surface area contributed by atoms with Gasteiger partial charge in [-0.2, -0.15) is 0 Å². The Morgan fingerprint density at radius 2 is 2.18 bits per heavy atom. The number of nitrogens with one attached hydrogen (secondary N) is 2. The number of hydrogen-bond acceptors (Lipinski definition) is 2. The fourth-order valence-corrected chi connectivity index (χ4v) is 2.38. The zero-order valence-corrected chi connectivity index (χ0v) is 11.5. The van der Waals surface area contributed by atoms with E-state index in [4.69, 9.17) is 0 Å². The quantitative estimate of drug-likeness (QED) is 0.913. The van der Waals surface area contributed by atoms with Crippen molar-refractivity contribution in [1.29, 1.82) is 0 Å². The van der Waals surface area contributed by atoms with Gasteiger partial charge in [-0.3, -0.25) is 4.79 Å². The SMILES string of the molecule is CNCCc1c(C)c2cc(Br)ccc2[nH]c1=O. The summed E-state index contributed by atoms with van der Waals surface area (Å²) in [5.74, 6) is 0. The maximum absolute atomic E-state index is 11.9. The van der Waals surface area contributed by atoms with E-state index < -0.39 is 0 Å². The molecular weight excluding hydrogens is 280 g/mol. The Morgan fingerprint density at radius 3 is 2.88 bits per heavy atom. The number of H-pyrrole nitrogens is 1. The first-order valence-corrected chi connectivity index (χ1v) is 6.38. The summed E-state index contributed by atoms with van der Waals surface area (Å²) in [5, 5.41) is 4.17. The van der Waals surface area contributed by atoms with Crippen molar-refractivity contribution in [3.8, 4) is 0 Å². The van der Waals surface area contributed by atoms with Gasteiger partial charge in [0.25, 0.3) is 5.56 Å². The molecule has 0 aliphatic rings. The van der Waals surface area contributed by atoms with Crippen LogP contribution in [0.25, 0.3) is 10.9 Å². The van der Waals surface area contributed by atoms with Crippen LogP contribution in [-0.4, -0.2) is 18.6 Å². The monoisotopic (exact) mass is 294 g/mol. The third-order valence-electron chi connectivity index (χ3n) is 2.99. The highest BCUT2D eigenvalue weighted by Crippen LogP contribution is 2.21. The fraction of sp³-hybridized carbons (Fsp3) is 0.308. The molecule has 2 rings (SSSR count). The van der Waals surface area contributed by atoms with E-state index in [9.17, 15) is 4.79 Å². The minimum Gasteiger partial charge on any atom is -0.322 e. The predicted molar refractivity (Wildman–Crippen MR) is 74.6 cm³/mol. The number of aromatic amines is 1. The molecule has 2 N–H and O–H groups in total. The molecule has 0 atom stereocenters. The minimum atomic E-state index is 0.0209. The molecule has 3 nitrogen and oxygen atoms in total. The van der Waals surface area contributed by atoms with E-state index in [-0.39, 0.29) is 5.56 Å².